The minimum Gasteiger partial charge on any atom is -0.504 e. The van der Waals surface area contributed by atoms with Crippen LogP contribution in [0.1, 0.15) is 38.7 Å². The molecule has 4 rings (SSSR count). The molecule has 3 aliphatic rings. The van der Waals surface area contributed by atoms with Crippen molar-refractivity contribution in [2.45, 2.75) is 43.4 Å². The number of carbonyl (C=O) groups excluding carboxylic acids is 2. The molecule has 0 bridgehead atoms. The van der Waals surface area contributed by atoms with Crippen LogP contribution in [-0.4, -0.2) is 49.0 Å². The Kier molecular flexibility index (Phi) is 5.18. The van der Waals surface area contributed by atoms with Gasteiger partial charge in [0.25, 0.3) is 0 Å². The summed E-state index contributed by atoms with van der Waals surface area (Å²) in [5.74, 6) is -0.551. The normalized spacial score (nSPS) is 35.7. The van der Waals surface area contributed by atoms with Gasteiger partial charge in [0, 0.05) is 24.7 Å². The van der Waals surface area contributed by atoms with E-state index in [1.807, 2.05) is 24.3 Å². The molecule has 1 amide bonds. The Morgan fingerprint density at radius 2 is 2.10 bits per heavy atom. The molecule has 0 radical (unpaired) electrons. The molecule has 30 heavy (non-hydrogen) atoms. The van der Waals surface area contributed by atoms with Gasteiger partial charge in [-0.15, -0.1) is 0 Å². The number of nitrogens with zero attached hydrogens (tertiary/aromatic N) is 1. The number of benzene rings is 1. The zero-order chi connectivity index (χ0) is 21.7. The maximum Gasteiger partial charge on any atom is 0.337 e. The van der Waals surface area contributed by atoms with Crippen LogP contribution < -0.4 is 5.32 Å². The van der Waals surface area contributed by atoms with Gasteiger partial charge in [-0.3, -0.25) is 9.69 Å². The van der Waals surface area contributed by atoms with Crippen molar-refractivity contribution < 1.29 is 19.1 Å². The number of nitrogens with one attached hydrogen (secondary N) is 1. The quantitative estimate of drug-likeness (QED) is 0.332. The lowest BCUT2D eigenvalue weighted by Gasteiger charge is -2.55. The van der Waals surface area contributed by atoms with Crippen LogP contribution in [0.25, 0.3) is 0 Å². The number of piperidine rings is 1. The molecule has 0 aromatic heterocycles. The summed E-state index contributed by atoms with van der Waals surface area (Å²) in [7, 11) is 2.92. The summed E-state index contributed by atoms with van der Waals surface area (Å²) in [6.07, 6.45) is 3.63. The van der Waals surface area contributed by atoms with Gasteiger partial charge >= 0.3 is 5.97 Å². The van der Waals surface area contributed by atoms with E-state index in [2.05, 4.69) is 24.1 Å². The lowest BCUT2D eigenvalue weighted by molar-refractivity contribution is -0.138. The van der Waals surface area contributed by atoms with Crippen molar-refractivity contribution >= 4 is 30.2 Å². The van der Waals surface area contributed by atoms with Crippen LogP contribution in [0.3, 0.4) is 0 Å². The van der Waals surface area contributed by atoms with E-state index in [-0.39, 0.29) is 17.2 Å². The van der Waals surface area contributed by atoms with Crippen molar-refractivity contribution in [3.63, 3.8) is 0 Å². The summed E-state index contributed by atoms with van der Waals surface area (Å²) in [6.45, 7) is 5.87. The van der Waals surface area contributed by atoms with E-state index in [1.54, 1.807) is 0 Å². The Balaban J connectivity index is 1.85. The summed E-state index contributed by atoms with van der Waals surface area (Å²) in [5, 5.41) is 3.08. The maximum atomic E-state index is 13.4. The van der Waals surface area contributed by atoms with Gasteiger partial charge in [-0.1, -0.05) is 32.0 Å². The first kappa shape index (κ1) is 21.2. The van der Waals surface area contributed by atoms with Crippen LogP contribution in [-0.2, 0) is 24.5 Å². The molecule has 1 N–H and O–H groups in total. The summed E-state index contributed by atoms with van der Waals surface area (Å²) in [5.41, 5.74) is 1.44. The summed E-state index contributed by atoms with van der Waals surface area (Å²) >= 11 is 5.25. The van der Waals surface area contributed by atoms with E-state index in [0.29, 0.717) is 18.4 Å². The fourth-order valence-corrected chi connectivity index (χ4v) is 6.56. The van der Waals surface area contributed by atoms with E-state index in [0.717, 1.165) is 30.8 Å². The predicted molar refractivity (Wildman–Crippen MR) is 118 cm³/mol. The predicted octanol–water partition coefficient (Wildman–Crippen LogP) is 3.35. The van der Waals surface area contributed by atoms with Gasteiger partial charge in [0.2, 0.25) is 5.91 Å². The molecule has 7 heteroatoms. The molecule has 0 saturated carbocycles. The standard InChI is InChI=1S/C23H30N2O4S/c1-5-21(2)14-25-11-10-22(16-8-6-7-9-18(16)24-20(22)27)23(25,30)12-17(21)15(13-28-3)19(26)29-4/h6-9,13,17,30H,5,10-12,14H2,1-4H3,(H,24,27)/b15-13+/t17-,21+,22-,23?/m1/s1. The van der Waals surface area contributed by atoms with Gasteiger partial charge in [0.05, 0.1) is 30.9 Å². The van der Waals surface area contributed by atoms with Crippen molar-refractivity contribution in [2.24, 2.45) is 11.3 Å². The SMILES string of the molecule is CC[C@@]1(C)CN2CC[C@@]3(C(=O)Nc4ccccc43)C2(S)C[C@@H]1/C(=C\OC)C(=O)OC. The highest BCUT2D eigenvalue weighted by Gasteiger charge is 2.69. The second kappa shape index (κ2) is 7.31. The van der Waals surface area contributed by atoms with Crippen LogP contribution >= 0.6 is 12.6 Å². The van der Waals surface area contributed by atoms with Crippen molar-refractivity contribution in [3.05, 3.63) is 41.7 Å². The second-order valence-corrected chi connectivity index (χ2v) is 9.70. The average molecular weight is 431 g/mol. The van der Waals surface area contributed by atoms with Gasteiger partial charge in [-0.25, -0.2) is 4.79 Å². The van der Waals surface area contributed by atoms with E-state index >= 15 is 0 Å². The summed E-state index contributed by atoms with van der Waals surface area (Å²) in [6, 6.07) is 7.89. The van der Waals surface area contributed by atoms with Crippen LogP contribution in [0.2, 0.25) is 0 Å². The smallest absolute Gasteiger partial charge is 0.337 e. The second-order valence-electron chi connectivity index (χ2n) is 8.96. The number of hydrogen-bond acceptors (Lipinski definition) is 6. The van der Waals surface area contributed by atoms with Crippen molar-refractivity contribution in [1.29, 1.82) is 0 Å². The zero-order valence-corrected chi connectivity index (χ0v) is 18.9. The Bertz CT molecular complexity index is 918. The molecular formula is C23H30N2O4S. The number of anilines is 1. The van der Waals surface area contributed by atoms with Gasteiger partial charge in [0.15, 0.2) is 0 Å². The third-order valence-electron chi connectivity index (χ3n) is 7.72. The third-order valence-corrected chi connectivity index (χ3v) is 8.56. The topological polar surface area (TPSA) is 67.9 Å². The molecule has 2 fully saturated rings. The lowest BCUT2D eigenvalue weighted by Crippen LogP contribution is -2.63. The highest BCUT2D eigenvalue weighted by atomic mass is 32.1. The molecule has 3 aliphatic heterocycles. The number of carbonyl (C=O) groups is 2. The van der Waals surface area contributed by atoms with Crippen LogP contribution in [0, 0.1) is 11.3 Å². The molecule has 4 atom stereocenters. The lowest BCUT2D eigenvalue weighted by atomic mass is 9.61. The maximum absolute atomic E-state index is 13.4. The Labute approximate surface area is 183 Å². The number of ether oxygens (including phenoxy) is 2. The van der Waals surface area contributed by atoms with Gasteiger partial charge in [0.1, 0.15) is 5.41 Å². The number of hydrogen-bond donors (Lipinski definition) is 2. The molecule has 1 unspecified atom stereocenters. The Hall–Kier alpha value is -1.99. The average Bonchev–Trinajstić information content (AvgIpc) is 3.20. The fourth-order valence-electron chi connectivity index (χ4n) is 5.87. The third kappa shape index (κ3) is 2.67. The number of amides is 1. The van der Waals surface area contributed by atoms with E-state index in [1.165, 1.54) is 20.5 Å². The summed E-state index contributed by atoms with van der Waals surface area (Å²) < 4.78 is 10.4. The number of fused-ring (bicyclic) bond motifs is 4. The number of para-hydroxylation sites is 1. The van der Waals surface area contributed by atoms with Crippen molar-refractivity contribution in [2.75, 3.05) is 32.6 Å². The van der Waals surface area contributed by atoms with E-state index < -0.39 is 16.3 Å². The van der Waals surface area contributed by atoms with Gasteiger partial charge in [-0.2, -0.15) is 12.6 Å². The molecule has 6 nitrogen and oxygen atoms in total. The molecule has 1 aromatic rings. The summed E-state index contributed by atoms with van der Waals surface area (Å²) in [4.78, 5) is 27.7. The van der Waals surface area contributed by atoms with Crippen LogP contribution in [0.4, 0.5) is 5.69 Å². The first-order valence-corrected chi connectivity index (χ1v) is 10.9. The largest absolute Gasteiger partial charge is 0.504 e. The minimum atomic E-state index is -0.756. The molecule has 1 spiro atoms. The van der Waals surface area contributed by atoms with Crippen molar-refractivity contribution in [1.82, 2.24) is 4.90 Å². The van der Waals surface area contributed by atoms with Crippen LogP contribution in [0.5, 0.6) is 0 Å². The monoisotopic (exact) mass is 430 g/mol. The van der Waals surface area contributed by atoms with E-state index in [4.69, 9.17) is 22.1 Å². The zero-order valence-electron chi connectivity index (χ0n) is 18.0. The molecule has 162 valence electrons. The minimum absolute atomic E-state index is 0.00427. The van der Waals surface area contributed by atoms with E-state index in [9.17, 15) is 9.59 Å². The van der Waals surface area contributed by atoms with Crippen LogP contribution in [0.15, 0.2) is 36.1 Å². The number of thiol groups is 1. The number of esters is 1. The van der Waals surface area contributed by atoms with Gasteiger partial charge < -0.3 is 14.8 Å². The molecule has 0 aliphatic carbocycles. The first-order valence-electron chi connectivity index (χ1n) is 10.5. The van der Waals surface area contributed by atoms with Crippen molar-refractivity contribution in [3.8, 4) is 0 Å². The highest BCUT2D eigenvalue weighted by Crippen LogP contribution is 2.62. The Morgan fingerprint density at radius 1 is 1.37 bits per heavy atom. The highest BCUT2D eigenvalue weighted by molar-refractivity contribution is 7.81. The number of methoxy groups -OCH3 is 2. The first-order chi connectivity index (χ1) is 14.3. The molecular weight excluding hydrogens is 400 g/mol. The fraction of sp³-hybridized carbons (Fsp3) is 0.565. The molecule has 1 aromatic carbocycles. The number of rotatable bonds is 4. The molecule has 3 heterocycles. The van der Waals surface area contributed by atoms with Gasteiger partial charge in [-0.05, 0) is 36.3 Å². The molecule has 2 saturated heterocycles. The Morgan fingerprint density at radius 3 is 2.77 bits per heavy atom.